The van der Waals surface area contributed by atoms with Crippen molar-refractivity contribution in [1.82, 2.24) is 5.32 Å². The van der Waals surface area contributed by atoms with Crippen LogP contribution in [-0.4, -0.2) is 39.9 Å². The monoisotopic (exact) mass is 413 g/mol. The first-order valence-corrected chi connectivity index (χ1v) is 9.75. The van der Waals surface area contributed by atoms with E-state index in [1.165, 1.54) is 12.1 Å². The number of aromatic hydroxyl groups is 1. The van der Waals surface area contributed by atoms with E-state index in [-0.39, 0.29) is 30.6 Å². The predicted octanol–water partition coefficient (Wildman–Crippen LogP) is 2.82. The second kappa shape index (κ2) is 9.24. The first-order chi connectivity index (χ1) is 13.9. The van der Waals surface area contributed by atoms with E-state index in [1.807, 2.05) is 0 Å². The first-order valence-electron chi connectivity index (χ1n) is 8.87. The highest BCUT2D eigenvalue weighted by Crippen LogP contribution is 2.26. The molecule has 2 aromatic rings. The fraction of sp³-hybridized carbons (Fsp3) is 0.200. The zero-order chi connectivity index (χ0) is 20.8. The number of amidine groups is 1. The third-order valence-corrected chi connectivity index (χ3v) is 4.97. The maximum absolute atomic E-state index is 12.3. The largest absolute Gasteiger partial charge is 0.508 e. The van der Waals surface area contributed by atoms with E-state index in [1.54, 1.807) is 43.3 Å². The van der Waals surface area contributed by atoms with Gasteiger partial charge in [-0.1, -0.05) is 17.8 Å². The van der Waals surface area contributed by atoms with Gasteiger partial charge in [-0.3, -0.25) is 9.59 Å². The fourth-order valence-corrected chi connectivity index (χ4v) is 3.54. The number of nitrogens with zero attached hydrogens (tertiary/aromatic N) is 1. The molecule has 1 saturated heterocycles. The van der Waals surface area contributed by atoms with Crippen molar-refractivity contribution in [2.45, 2.75) is 18.6 Å². The van der Waals surface area contributed by atoms with Crippen molar-refractivity contribution in [3.8, 4) is 5.75 Å². The number of aliphatic imine (C=N–C) groups is 1. The number of phenols is 1. The topological polar surface area (TPSA) is 117 Å². The number of benzene rings is 2. The van der Waals surface area contributed by atoms with Crippen LogP contribution < -0.4 is 10.6 Å². The molecule has 1 heterocycles. The van der Waals surface area contributed by atoms with E-state index in [9.17, 15) is 19.5 Å². The Hall–Kier alpha value is -3.33. The smallest absolute Gasteiger partial charge is 0.338 e. The molecule has 0 spiro atoms. The number of rotatable bonds is 6. The lowest BCUT2D eigenvalue weighted by molar-refractivity contribution is -0.122. The Kier molecular flexibility index (Phi) is 6.50. The maximum Gasteiger partial charge on any atom is 0.338 e. The highest BCUT2D eigenvalue weighted by molar-refractivity contribution is 8.15. The number of amides is 2. The van der Waals surface area contributed by atoms with E-state index < -0.39 is 11.2 Å². The lowest BCUT2D eigenvalue weighted by atomic mass is 10.2. The second-order valence-electron chi connectivity index (χ2n) is 6.08. The normalized spacial score (nSPS) is 17.1. The van der Waals surface area contributed by atoms with Crippen molar-refractivity contribution in [1.29, 1.82) is 0 Å². The van der Waals surface area contributed by atoms with Crippen LogP contribution in [0.2, 0.25) is 0 Å². The predicted molar refractivity (Wildman–Crippen MR) is 110 cm³/mol. The summed E-state index contributed by atoms with van der Waals surface area (Å²) in [5.74, 6) is -0.990. The van der Waals surface area contributed by atoms with Crippen LogP contribution in [-0.2, 0) is 14.3 Å². The lowest BCUT2D eigenvalue weighted by Gasteiger charge is -2.08. The quantitative estimate of drug-likeness (QED) is 0.627. The van der Waals surface area contributed by atoms with Crippen LogP contribution in [0.5, 0.6) is 5.75 Å². The average Bonchev–Trinajstić information content (AvgIpc) is 3.01. The Morgan fingerprint density at radius 3 is 2.69 bits per heavy atom. The Balaban J connectivity index is 1.56. The van der Waals surface area contributed by atoms with Gasteiger partial charge in [-0.15, -0.1) is 0 Å². The summed E-state index contributed by atoms with van der Waals surface area (Å²) in [4.78, 5) is 40.3. The molecule has 29 heavy (non-hydrogen) atoms. The number of hydrogen-bond donors (Lipinski definition) is 3. The minimum Gasteiger partial charge on any atom is -0.508 e. The minimum atomic E-state index is -0.607. The zero-order valence-corrected chi connectivity index (χ0v) is 16.4. The summed E-state index contributed by atoms with van der Waals surface area (Å²) in [6.45, 7) is 2.01. The molecular formula is C20H19N3O5S. The molecule has 2 aromatic carbocycles. The third-order valence-electron chi connectivity index (χ3n) is 3.89. The molecule has 1 aliphatic heterocycles. The van der Waals surface area contributed by atoms with E-state index >= 15 is 0 Å². The molecule has 1 atom stereocenters. The van der Waals surface area contributed by atoms with E-state index in [2.05, 4.69) is 15.6 Å². The molecule has 2 amide bonds. The number of thioether (sulfide) groups is 1. The van der Waals surface area contributed by atoms with Gasteiger partial charge >= 0.3 is 5.97 Å². The van der Waals surface area contributed by atoms with Crippen LogP contribution in [0.15, 0.2) is 53.5 Å². The number of phenolic OH excluding ortho intramolecular Hbond substituents is 1. The van der Waals surface area contributed by atoms with Gasteiger partial charge in [-0.2, -0.15) is 0 Å². The highest BCUT2D eigenvalue weighted by Gasteiger charge is 2.32. The van der Waals surface area contributed by atoms with Crippen LogP contribution in [0.1, 0.15) is 23.7 Å². The Labute approximate surface area is 171 Å². The van der Waals surface area contributed by atoms with Gasteiger partial charge in [0.15, 0.2) is 5.17 Å². The molecule has 150 valence electrons. The molecule has 0 unspecified atom stereocenters. The van der Waals surface area contributed by atoms with Crippen molar-refractivity contribution in [2.24, 2.45) is 4.99 Å². The van der Waals surface area contributed by atoms with Crippen LogP contribution in [0.25, 0.3) is 0 Å². The van der Waals surface area contributed by atoms with Crippen LogP contribution >= 0.6 is 11.8 Å². The number of hydrogen-bond acceptors (Lipinski definition) is 7. The molecule has 9 heteroatoms. The van der Waals surface area contributed by atoms with Gasteiger partial charge in [0.2, 0.25) is 11.8 Å². The van der Waals surface area contributed by atoms with Gasteiger partial charge < -0.3 is 20.5 Å². The molecule has 0 radical (unpaired) electrons. The number of esters is 1. The average molecular weight is 413 g/mol. The van der Waals surface area contributed by atoms with Crippen molar-refractivity contribution >= 4 is 46.1 Å². The van der Waals surface area contributed by atoms with Gasteiger partial charge in [0, 0.05) is 18.2 Å². The molecule has 0 aliphatic carbocycles. The van der Waals surface area contributed by atoms with Crippen molar-refractivity contribution in [2.75, 3.05) is 11.9 Å². The summed E-state index contributed by atoms with van der Waals surface area (Å²) in [6.07, 6.45) is -0.0326. The summed E-state index contributed by atoms with van der Waals surface area (Å²) in [5, 5.41) is 14.6. The molecule has 3 N–H and O–H groups in total. The van der Waals surface area contributed by atoms with E-state index in [4.69, 9.17) is 4.74 Å². The molecular weight excluding hydrogens is 394 g/mol. The summed E-state index contributed by atoms with van der Waals surface area (Å²) >= 11 is 1.16. The van der Waals surface area contributed by atoms with Crippen molar-refractivity contribution in [3.05, 3.63) is 54.1 Å². The summed E-state index contributed by atoms with van der Waals surface area (Å²) in [5.41, 5.74) is 1.41. The van der Waals surface area contributed by atoms with Crippen LogP contribution in [0.4, 0.5) is 11.4 Å². The SMILES string of the molecule is CCOC(=O)c1ccc(NC(=O)C[C@H]2SC(=Nc3cccc(O)c3)NC2=O)cc1. The van der Waals surface area contributed by atoms with Crippen LogP contribution in [0.3, 0.4) is 0 Å². The summed E-state index contributed by atoms with van der Waals surface area (Å²) < 4.78 is 4.91. The molecule has 1 aliphatic rings. The van der Waals surface area contributed by atoms with Gasteiger partial charge in [0.05, 0.1) is 17.9 Å². The second-order valence-corrected chi connectivity index (χ2v) is 7.27. The molecule has 0 bridgehead atoms. The van der Waals surface area contributed by atoms with Crippen molar-refractivity contribution < 1.29 is 24.2 Å². The van der Waals surface area contributed by atoms with Gasteiger partial charge in [-0.25, -0.2) is 9.79 Å². The molecule has 8 nitrogen and oxygen atoms in total. The van der Waals surface area contributed by atoms with E-state index in [0.29, 0.717) is 22.1 Å². The van der Waals surface area contributed by atoms with Crippen molar-refractivity contribution in [3.63, 3.8) is 0 Å². The van der Waals surface area contributed by atoms with E-state index in [0.717, 1.165) is 11.8 Å². The number of ether oxygens (including phenoxy) is 1. The number of carbonyl (C=O) groups is 3. The number of carbonyl (C=O) groups excluding carboxylic acids is 3. The highest BCUT2D eigenvalue weighted by atomic mass is 32.2. The summed E-state index contributed by atoms with van der Waals surface area (Å²) in [6, 6.07) is 12.7. The third kappa shape index (κ3) is 5.58. The standard InChI is InChI=1S/C20H19N3O5S/c1-2-28-19(27)12-6-8-13(9-7-12)21-17(25)11-16-18(26)23-20(29-16)22-14-4-3-5-15(24)10-14/h3-10,16,24H,2,11H2,1H3,(H,21,25)(H,22,23,26)/t16-/m1/s1. The summed E-state index contributed by atoms with van der Waals surface area (Å²) in [7, 11) is 0. The van der Waals surface area contributed by atoms with Crippen LogP contribution in [0, 0.1) is 0 Å². The minimum absolute atomic E-state index is 0.0326. The zero-order valence-electron chi connectivity index (χ0n) is 15.5. The van der Waals surface area contributed by atoms with Gasteiger partial charge in [0.25, 0.3) is 0 Å². The first kappa shape index (κ1) is 20.4. The molecule has 3 rings (SSSR count). The number of nitrogens with one attached hydrogen (secondary N) is 2. The van der Waals surface area contributed by atoms with Gasteiger partial charge in [-0.05, 0) is 43.3 Å². The Morgan fingerprint density at radius 2 is 2.00 bits per heavy atom. The lowest BCUT2D eigenvalue weighted by Crippen LogP contribution is -2.28. The molecule has 1 fully saturated rings. The number of anilines is 1. The fourth-order valence-electron chi connectivity index (χ4n) is 2.56. The van der Waals surface area contributed by atoms with Gasteiger partial charge in [0.1, 0.15) is 11.0 Å². The maximum atomic E-state index is 12.3. The Morgan fingerprint density at radius 1 is 1.24 bits per heavy atom. The molecule has 0 saturated carbocycles. The Bertz CT molecular complexity index is 959. The molecule has 0 aromatic heterocycles.